The fourth-order valence-corrected chi connectivity index (χ4v) is 1.44. The summed E-state index contributed by atoms with van der Waals surface area (Å²) in [5.41, 5.74) is 2.15. The Bertz CT molecular complexity index is 317. The third-order valence-corrected chi connectivity index (χ3v) is 2.43. The Balaban J connectivity index is 3.02. The number of halogens is 1. The van der Waals surface area contributed by atoms with E-state index in [2.05, 4.69) is 30.7 Å². The molecule has 0 spiro atoms. The fourth-order valence-electron chi connectivity index (χ4n) is 1.20. The first-order valence-electron chi connectivity index (χ1n) is 4.79. The van der Waals surface area contributed by atoms with Gasteiger partial charge in [0.15, 0.2) is 0 Å². The van der Waals surface area contributed by atoms with E-state index in [0.717, 1.165) is 23.5 Å². The van der Waals surface area contributed by atoms with Crippen LogP contribution >= 0.6 is 11.6 Å². The van der Waals surface area contributed by atoms with Crippen LogP contribution in [0.2, 0.25) is 5.15 Å². The largest absolute Gasteiger partial charge is 0.238 e. The van der Waals surface area contributed by atoms with Crippen molar-refractivity contribution in [2.24, 2.45) is 5.41 Å². The standard InChI is InChI=1S/C11H17ClN2/c1-7-8(2)13-9(14-10(7)12)6-11(3,4)5/h6H2,1-5H3. The first-order valence-corrected chi connectivity index (χ1v) is 5.17. The van der Waals surface area contributed by atoms with Crippen molar-refractivity contribution in [1.82, 2.24) is 9.97 Å². The molecule has 2 nitrogen and oxygen atoms in total. The Morgan fingerprint density at radius 2 is 1.71 bits per heavy atom. The van der Waals surface area contributed by atoms with Gasteiger partial charge in [-0.3, -0.25) is 0 Å². The van der Waals surface area contributed by atoms with Crippen molar-refractivity contribution in [3.05, 3.63) is 22.2 Å². The lowest BCUT2D eigenvalue weighted by atomic mass is 9.92. The van der Waals surface area contributed by atoms with Gasteiger partial charge in [-0.15, -0.1) is 0 Å². The molecule has 0 unspecified atom stereocenters. The van der Waals surface area contributed by atoms with Crippen LogP contribution in [0.3, 0.4) is 0 Å². The van der Waals surface area contributed by atoms with E-state index in [-0.39, 0.29) is 5.41 Å². The van der Waals surface area contributed by atoms with E-state index in [1.807, 2.05) is 13.8 Å². The quantitative estimate of drug-likeness (QED) is 0.668. The minimum absolute atomic E-state index is 0.199. The van der Waals surface area contributed by atoms with Gasteiger partial charge in [0.25, 0.3) is 0 Å². The van der Waals surface area contributed by atoms with Crippen molar-refractivity contribution in [3.63, 3.8) is 0 Å². The summed E-state index contributed by atoms with van der Waals surface area (Å²) in [5, 5.41) is 0.580. The number of aromatic nitrogens is 2. The van der Waals surface area contributed by atoms with Gasteiger partial charge in [-0.05, 0) is 19.3 Å². The molecule has 0 radical (unpaired) electrons. The minimum atomic E-state index is 0.199. The lowest BCUT2D eigenvalue weighted by molar-refractivity contribution is 0.400. The predicted octanol–water partition coefficient (Wildman–Crippen LogP) is 3.34. The van der Waals surface area contributed by atoms with Crippen molar-refractivity contribution in [1.29, 1.82) is 0 Å². The minimum Gasteiger partial charge on any atom is -0.238 e. The molecule has 78 valence electrons. The molecule has 0 N–H and O–H groups in total. The Morgan fingerprint density at radius 1 is 1.14 bits per heavy atom. The van der Waals surface area contributed by atoms with Gasteiger partial charge < -0.3 is 0 Å². The molecular formula is C11H17ClN2. The molecule has 0 saturated carbocycles. The molecule has 0 aliphatic rings. The molecule has 1 heterocycles. The maximum Gasteiger partial charge on any atom is 0.135 e. The molecule has 3 heteroatoms. The second-order valence-electron chi connectivity index (χ2n) is 4.88. The van der Waals surface area contributed by atoms with Gasteiger partial charge in [0.1, 0.15) is 11.0 Å². The first-order chi connectivity index (χ1) is 6.29. The zero-order chi connectivity index (χ0) is 10.9. The van der Waals surface area contributed by atoms with E-state index in [0.29, 0.717) is 5.15 Å². The summed E-state index contributed by atoms with van der Waals surface area (Å²) in [6.07, 6.45) is 0.855. The molecule has 0 aliphatic carbocycles. The third kappa shape index (κ3) is 2.95. The van der Waals surface area contributed by atoms with Crippen LogP contribution in [-0.4, -0.2) is 9.97 Å². The van der Waals surface area contributed by atoms with E-state index >= 15 is 0 Å². The molecule has 1 rings (SSSR count). The number of aryl methyl sites for hydroxylation is 1. The maximum atomic E-state index is 6.00. The molecule has 1 aromatic rings. The summed E-state index contributed by atoms with van der Waals surface area (Å²) < 4.78 is 0. The molecule has 0 saturated heterocycles. The van der Waals surface area contributed by atoms with Crippen molar-refractivity contribution < 1.29 is 0 Å². The lowest BCUT2D eigenvalue weighted by Gasteiger charge is -2.17. The fraction of sp³-hybridized carbons (Fsp3) is 0.636. The number of hydrogen-bond donors (Lipinski definition) is 0. The van der Waals surface area contributed by atoms with Crippen LogP contribution in [-0.2, 0) is 6.42 Å². The molecule has 0 atom stereocenters. The number of hydrogen-bond acceptors (Lipinski definition) is 2. The third-order valence-electron chi connectivity index (χ3n) is 2.06. The number of rotatable bonds is 1. The number of nitrogens with zero attached hydrogens (tertiary/aromatic N) is 2. The van der Waals surface area contributed by atoms with Crippen molar-refractivity contribution in [3.8, 4) is 0 Å². The van der Waals surface area contributed by atoms with Crippen LogP contribution in [0.5, 0.6) is 0 Å². The Labute approximate surface area is 90.7 Å². The molecule has 0 bridgehead atoms. The van der Waals surface area contributed by atoms with E-state index in [4.69, 9.17) is 11.6 Å². The summed E-state index contributed by atoms with van der Waals surface area (Å²) in [4.78, 5) is 8.70. The van der Waals surface area contributed by atoms with Gasteiger partial charge in [-0.25, -0.2) is 9.97 Å². The van der Waals surface area contributed by atoms with E-state index in [9.17, 15) is 0 Å². The molecule has 14 heavy (non-hydrogen) atoms. The highest BCUT2D eigenvalue weighted by molar-refractivity contribution is 6.30. The lowest BCUT2D eigenvalue weighted by Crippen LogP contribution is -2.13. The second kappa shape index (κ2) is 3.85. The Kier molecular flexibility index (Phi) is 3.15. The van der Waals surface area contributed by atoms with Crippen LogP contribution < -0.4 is 0 Å². The first kappa shape index (κ1) is 11.4. The van der Waals surface area contributed by atoms with E-state index in [1.54, 1.807) is 0 Å². The highest BCUT2D eigenvalue weighted by Crippen LogP contribution is 2.21. The topological polar surface area (TPSA) is 25.8 Å². The molecule has 0 fully saturated rings. The summed E-state index contributed by atoms with van der Waals surface area (Å²) in [7, 11) is 0. The normalized spacial score (nSPS) is 11.9. The summed E-state index contributed by atoms with van der Waals surface area (Å²) >= 11 is 6.00. The van der Waals surface area contributed by atoms with Crippen molar-refractivity contribution >= 4 is 11.6 Å². The molecule has 0 aromatic carbocycles. The highest BCUT2D eigenvalue weighted by Gasteiger charge is 2.15. The average Bonchev–Trinajstić information content (AvgIpc) is 1.96. The summed E-state index contributed by atoms with van der Waals surface area (Å²) in [5.74, 6) is 0.839. The highest BCUT2D eigenvalue weighted by atomic mass is 35.5. The molecule has 0 amide bonds. The Morgan fingerprint density at radius 3 is 2.14 bits per heavy atom. The predicted molar refractivity (Wildman–Crippen MR) is 59.7 cm³/mol. The van der Waals surface area contributed by atoms with Crippen LogP contribution in [0.25, 0.3) is 0 Å². The molecule has 1 aromatic heterocycles. The smallest absolute Gasteiger partial charge is 0.135 e. The van der Waals surface area contributed by atoms with Gasteiger partial charge in [-0.1, -0.05) is 32.4 Å². The maximum absolute atomic E-state index is 6.00. The van der Waals surface area contributed by atoms with E-state index < -0.39 is 0 Å². The van der Waals surface area contributed by atoms with Crippen LogP contribution in [0.15, 0.2) is 0 Å². The molecular weight excluding hydrogens is 196 g/mol. The Hall–Kier alpha value is -0.630. The van der Waals surface area contributed by atoms with Gasteiger partial charge >= 0.3 is 0 Å². The average molecular weight is 213 g/mol. The molecule has 0 aliphatic heterocycles. The summed E-state index contributed by atoms with van der Waals surface area (Å²) in [6.45, 7) is 10.4. The van der Waals surface area contributed by atoms with Gasteiger partial charge in [-0.2, -0.15) is 0 Å². The second-order valence-corrected chi connectivity index (χ2v) is 5.24. The summed E-state index contributed by atoms with van der Waals surface area (Å²) in [6, 6.07) is 0. The zero-order valence-electron chi connectivity index (χ0n) is 9.48. The SMILES string of the molecule is Cc1nc(CC(C)(C)C)nc(Cl)c1C. The van der Waals surface area contributed by atoms with Crippen molar-refractivity contribution in [2.45, 2.75) is 41.0 Å². The van der Waals surface area contributed by atoms with Crippen LogP contribution in [0, 0.1) is 19.3 Å². The van der Waals surface area contributed by atoms with Crippen LogP contribution in [0.1, 0.15) is 37.9 Å². The zero-order valence-corrected chi connectivity index (χ0v) is 10.2. The van der Waals surface area contributed by atoms with Crippen molar-refractivity contribution in [2.75, 3.05) is 0 Å². The monoisotopic (exact) mass is 212 g/mol. The van der Waals surface area contributed by atoms with Gasteiger partial charge in [0, 0.05) is 17.7 Å². The van der Waals surface area contributed by atoms with E-state index in [1.165, 1.54) is 0 Å². The van der Waals surface area contributed by atoms with Gasteiger partial charge in [0.2, 0.25) is 0 Å². The van der Waals surface area contributed by atoms with Crippen LogP contribution in [0.4, 0.5) is 0 Å². The van der Waals surface area contributed by atoms with Gasteiger partial charge in [0.05, 0.1) is 0 Å².